The van der Waals surface area contributed by atoms with E-state index in [0.29, 0.717) is 5.69 Å². The molecule has 0 radical (unpaired) electrons. The number of rotatable bonds is 5. The lowest BCUT2D eigenvalue weighted by molar-refractivity contribution is -0.343. The minimum atomic E-state index is -5.76. The van der Waals surface area contributed by atoms with Gasteiger partial charge in [-0.05, 0) is 30.7 Å². The molecule has 0 heterocycles. The number of alkyl halides is 6. The van der Waals surface area contributed by atoms with Crippen molar-refractivity contribution in [3.63, 3.8) is 0 Å². The molecular weight excluding hydrogens is 368 g/mol. The van der Waals surface area contributed by atoms with Crippen molar-refractivity contribution < 1.29 is 41.0 Å². The molecule has 0 saturated carbocycles. The SMILES string of the molecule is O=C(Nc1ccc(O)cc1)C1=CC[C@H](OC(F)(F)[C@H](F)C(F)(F)F)C=C1. The Morgan fingerprint density at radius 1 is 1.19 bits per heavy atom. The summed E-state index contributed by atoms with van der Waals surface area (Å²) in [5, 5.41) is 11.6. The first-order chi connectivity index (χ1) is 12.0. The zero-order valence-corrected chi connectivity index (χ0v) is 12.9. The maximum atomic E-state index is 13.2. The van der Waals surface area contributed by atoms with Crippen LogP contribution in [0.2, 0.25) is 0 Å². The van der Waals surface area contributed by atoms with Gasteiger partial charge in [-0.2, -0.15) is 22.0 Å². The summed E-state index contributed by atoms with van der Waals surface area (Å²) in [7, 11) is 0. The summed E-state index contributed by atoms with van der Waals surface area (Å²) in [5.41, 5.74) is 0.423. The van der Waals surface area contributed by atoms with Crippen molar-refractivity contribution in [1.29, 1.82) is 0 Å². The number of aromatic hydroxyl groups is 1. The van der Waals surface area contributed by atoms with Crippen LogP contribution in [0, 0.1) is 0 Å². The Hall–Kier alpha value is -2.49. The molecule has 0 saturated heterocycles. The molecule has 2 atom stereocenters. The largest absolute Gasteiger partial charge is 0.508 e. The highest BCUT2D eigenvalue weighted by Crippen LogP contribution is 2.37. The zero-order valence-electron chi connectivity index (χ0n) is 12.9. The van der Waals surface area contributed by atoms with E-state index in [0.717, 1.165) is 12.2 Å². The Bertz CT molecular complexity index is 712. The molecule has 142 valence electrons. The first-order valence-corrected chi connectivity index (χ1v) is 7.24. The first-order valence-electron chi connectivity index (χ1n) is 7.24. The van der Waals surface area contributed by atoms with E-state index in [2.05, 4.69) is 10.1 Å². The fourth-order valence-electron chi connectivity index (χ4n) is 2.06. The van der Waals surface area contributed by atoms with Crippen LogP contribution in [0.15, 0.2) is 48.1 Å². The lowest BCUT2D eigenvalue weighted by atomic mass is 10.0. The second-order valence-electron chi connectivity index (χ2n) is 5.38. The van der Waals surface area contributed by atoms with Crippen molar-refractivity contribution in [2.24, 2.45) is 0 Å². The highest BCUT2D eigenvalue weighted by atomic mass is 19.4. The fourth-order valence-corrected chi connectivity index (χ4v) is 2.06. The van der Waals surface area contributed by atoms with Gasteiger partial charge >= 0.3 is 12.3 Å². The van der Waals surface area contributed by atoms with Gasteiger partial charge < -0.3 is 15.2 Å². The fraction of sp³-hybridized carbons (Fsp3) is 0.312. The van der Waals surface area contributed by atoms with Crippen molar-refractivity contribution in [3.05, 3.63) is 48.1 Å². The number of nitrogens with one attached hydrogen (secondary N) is 1. The molecule has 2 rings (SSSR count). The Morgan fingerprint density at radius 3 is 2.31 bits per heavy atom. The number of anilines is 1. The molecule has 2 N–H and O–H groups in total. The van der Waals surface area contributed by atoms with Crippen molar-refractivity contribution >= 4 is 11.6 Å². The van der Waals surface area contributed by atoms with Crippen LogP contribution in [0.4, 0.5) is 32.0 Å². The van der Waals surface area contributed by atoms with Gasteiger partial charge in [0.2, 0.25) is 0 Å². The van der Waals surface area contributed by atoms with Crippen LogP contribution < -0.4 is 5.32 Å². The number of ether oxygens (including phenoxy) is 1. The van der Waals surface area contributed by atoms with Crippen LogP contribution in [0.25, 0.3) is 0 Å². The number of carbonyl (C=O) groups excluding carboxylic acids is 1. The third-order valence-electron chi connectivity index (χ3n) is 3.34. The van der Waals surface area contributed by atoms with E-state index in [-0.39, 0.29) is 17.7 Å². The molecular formula is C16H13F6NO3. The maximum Gasteiger partial charge on any atom is 0.428 e. The monoisotopic (exact) mass is 381 g/mol. The summed E-state index contributed by atoms with van der Waals surface area (Å²) in [5.74, 6) is -0.610. The van der Waals surface area contributed by atoms with Crippen LogP contribution >= 0.6 is 0 Å². The Balaban J connectivity index is 1.94. The van der Waals surface area contributed by atoms with Gasteiger partial charge in [-0.3, -0.25) is 4.79 Å². The number of phenolic OH excluding ortho intramolecular Hbond substituents is 1. The van der Waals surface area contributed by atoms with E-state index in [1.54, 1.807) is 0 Å². The van der Waals surface area contributed by atoms with E-state index >= 15 is 0 Å². The Labute approximate surface area is 143 Å². The van der Waals surface area contributed by atoms with E-state index in [1.165, 1.54) is 30.3 Å². The molecule has 10 heteroatoms. The van der Waals surface area contributed by atoms with Crippen LogP contribution in [0.3, 0.4) is 0 Å². The number of benzene rings is 1. The molecule has 1 aliphatic carbocycles. The third-order valence-corrected chi connectivity index (χ3v) is 3.34. The van der Waals surface area contributed by atoms with Gasteiger partial charge in [0.15, 0.2) is 0 Å². The molecule has 0 unspecified atom stereocenters. The number of amides is 1. The minimum absolute atomic E-state index is 0.00859. The van der Waals surface area contributed by atoms with Crippen LogP contribution in [0.5, 0.6) is 5.75 Å². The standard InChI is InChI=1S/C16H13F6NO3/c17-14(15(18,19)20)16(21,22)26-12-7-1-9(2-8-12)13(25)23-10-3-5-11(24)6-4-10/h1-7,12,14,24H,8H2,(H,23,25)/t12-,14-/m1/s1. The topological polar surface area (TPSA) is 58.6 Å². The molecule has 0 spiro atoms. The van der Waals surface area contributed by atoms with Crippen LogP contribution in [-0.4, -0.2) is 35.6 Å². The molecule has 4 nitrogen and oxygen atoms in total. The molecule has 1 amide bonds. The predicted octanol–water partition coefficient (Wildman–Crippen LogP) is 4.10. The minimum Gasteiger partial charge on any atom is -0.508 e. The number of hydrogen-bond donors (Lipinski definition) is 2. The molecule has 1 aromatic rings. The average molecular weight is 381 g/mol. The van der Waals surface area contributed by atoms with Crippen LogP contribution in [0.1, 0.15) is 6.42 Å². The lowest BCUT2D eigenvalue weighted by Crippen LogP contribution is -2.45. The molecule has 1 aliphatic rings. The third kappa shape index (κ3) is 5.01. The number of phenols is 1. The van der Waals surface area contributed by atoms with Gasteiger partial charge in [-0.25, -0.2) is 4.39 Å². The zero-order chi connectivity index (χ0) is 19.5. The van der Waals surface area contributed by atoms with E-state index in [4.69, 9.17) is 5.11 Å². The lowest BCUT2D eigenvalue weighted by Gasteiger charge is -2.26. The van der Waals surface area contributed by atoms with Crippen molar-refractivity contribution in [3.8, 4) is 5.75 Å². The average Bonchev–Trinajstić information content (AvgIpc) is 2.55. The predicted molar refractivity (Wildman–Crippen MR) is 79.3 cm³/mol. The number of halogens is 6. The molecule has 0 fully saturated rings. The van der Waals surface area contributed by atoms with E-state index < -0.39 is 30.5 Å². The number of carbonyl (C=O) groups is 1. The van der Waals surface area contributed by atoms with Gasteiger partial charge in [-0.15, -0.1) is 0 Å². The normalized spacial score (nSPS) is 19.0. The van der Waals surface area contributed by atoms with E-state index in [1.807, 2.05) is 0 Å². The van der Waals surface area contributed by atoms with Crippen LogP contribution in [-0.2, 0) is 9.53 Å². The summed E-state index contributed by atoms with van der Waals surface area (Å²) >= 11 is 0. The highest BCUT2D eigenvalue weighted by molar-refractivity contribution is 6.05. The molecule has 1 aromatic carbocycles. The summed E-state index contributed by atoms with van der Waals surface area (Å²) in [6.45, 7) is 0. The van der Waals surface area contributed by atoms with Gasteiger partial charge in [0.1, 0.15) is 5.75 Å². The molecule has 26 heavy (non-hydrogen) atoms. The maximum absolute atomic E-state index is 13.2. The summed E-state index contributed by atoms with van der Waals surface area (Å²) in [6.07, 6.45) is -13.9. The summed E-state index contributed by atoms with van der Waals surface area (Å²) < 4.78 is 79.3. The summed E-state index contributed by atoms with van der Waals surface area (Å²) in [4.78, 5) is 12.0. The number of hydrogen-bond acceptors (Lipinski definition) is 3. The Kier molecular flexibility index (Phi) is 5.65. The van der Waals surface area contributed by atoms with Crippen molar-refractivity contribution in [1.82, 2.24) is 0 Å². The van der Waals surface area contributed by atoms with Gasteiger partial charge in [0, 0.05) is 11.3 Å². The first kappa shape index (κ1) is 19.8. The molecule has 0 aromatic heterocycles. The van der Waals surface area contributed by atoms with Crippen molar-refractivity contribution in [2.45, 2.75) is 31.0 Å². The second kappa shape index (κ2) is 7.40. The molecule has 0 bridgehead atoms. The smallest absolute Gasteiger partial charge is 0.428 e. The highest BCUT2D eigenvalue weighted by Gasteiger charge is 2.58. The molecule has 0 aliphatic heterocycles. The Morgan fingerprint density at radius 2 is 1.81 bits per heavy atom. The summed E-state index contributed by atoms with van der Waals surface area (Å²) in [6, 6.07) is 5.51. The van der Waals surface area contributed by atoms with Crippen molar-refractivity contribution in [2.75, 3.05) is 5.32 Å². The van der Waals surface area contributed by atoms with E-state index in [9.17, 15) is 31.1 Å². The van der Waals surface area contributed by atoms with Gasteiger partial charge in [0.25, 0.3) is 12.1 Å². The van der Waals surface area contributed by atoms with Gasteiger partial charge in [-0.1, -0.05) is 18.2 Å². The van der Waals surface area contributed by atoms with Gasteiger partial charge in [0.05, 0.1) is 6.10 Å². The quantitative estimate of drug-likeness (QED) is 0.597. The second-order valence-corrected chi connectivity index (χ2v) is 5.38.